The van der Waals surface area contributed by atoms with Crippen LogP contribution in [0.15, 0.2) is 42.7 Å². The largest absolute Gasteiger partial charge is 0.490 e. The van der Waals surface area contributed by atoms with Crippen molar-refractivity contribution in [3.05, 3.63) is 53.9 Å². The molecule has 6 nitrogen and oxygen atoms in total. The van der Waals surface area contributed by atoms with Gasteiger partial charge in [0, 0.05) is 39.6 Å². The van der Waals surface area contributed by atoms with Crippen LogP contribution in [0.2, 0.25) is 0 Å². The highest BCUT2D eigenvalue weighted by Crippen LogP contribution is 2.47. The van der Waals surface area contributed by atoms with Gasteiger partial charge in [0.1, 0.15) is 0 Å². The Morgan fingerprint density at radius 3 is 2.28 bits per heavy atom. The number of alkyl halides is 3. The van der Waals surface area contributed by atoms with Crippen molar-refractivity contribution in [2.24, 2.45) is 0 Å². The molecular formula is C23H26F3N3O3. The maximum atomic E-state index is 12.2. The predicted molar refractivity (Wildman–Crippen MR) is 113 cm³/mol. The number of aliphatic carboxylic acids is 1. The van der Waals surface area contributed by atoms with Gasteiger partial charge in [-0.25, -0.2) is 9.59 Å². The summed E-state index contributed by atoms with van der Waals surface area (Å²) in [5.74, 6) is -2.76. The van der Waals surface area contributed by atoms with E-state index in [2.05, 4.69) is 29.2 Å². The van der Waals surface area contributed by atoms with Crippen LogP contribution in [0.1, 0.15) is 30.4 Å². The van der Waals surface area contributed by atoms with Gasteiger partial charge in [0.25, 0.3) is 0 Å². The van der Waals surface area contributed by atoms with Crippen LogP contribution in [-0.2, 0) is 16.6 Å². The van der Waals surface area contributed by atoms with E-state index in [1.54, 1.807) is 4.90 Å². The number of halogens is 3. The molecule has 1 fully saturated rings. The van der Waals surface area contributed by atoms with Gasteiger partial charge in [-0.3, -0.25) is 4.98 Å². The lowest BCUT2D eigenvalue weighted by molar-refractivity contribution is -0.192. The molecule has 2 aliphatic rings. The van der Waals surface area contributed by atoms with Crippen LogP contribution >= 0.6 is 0 Å². The Kier molecular flexibility index (Phi) is 6.76. The predicted octanol–water partition coefficient (Wildman–Crippen LogP) is 4.34. The molecule has 1 aromatic carbocycles. The summed E-state index contributed by atoms with van der Waals surface area (Å²) < 4.78 is 31.7. The summed E-state index contributed by atoms with van der Waals surface area (Å²) in [4.78, 5) is 29.1. The quantitative estimate of drug-likeness (QED) is 0.703. The summed E-state index contributed by atoms with van der Waals surface area (Å²) >= 11 is 0. The number of piperidine rings is 1. The SMILES string of the molecule is CN(C)C(=O)N1CCC2(CCc3ccc(-c4cccnc4)cc32)CC1.O=C(O)C(F)(F)F. The summed E-state index contributed by atoms with van der Waals surface area (Å²) in [6.07, 6.45) is 3.16. The topological polar surface area (TPSA) is 73.7 Å². The molecule has 32 heavy (non-hydrogen) atoms. The zero-order valence-electron chi connectivity index (χ0n) is 18.0. The van der Waals surface area contributed by atoms with E-state index >= 15 is 0 Å². The molecule has 1 aliphatic heterocycles. The Bertz CT molecular complexity index is 969. The van der Waals surface area contributed by atoms with Gasteiger partial charge in [-0.2, -0.15) is 13.2 Å². The fourth-order valence-electron chi connectivity index (χ4n) is 4.44. The summed E-state index contributed by atoms with van der Waals surface area (Å²) in [7, 11) is 3.66. The van der Waals surface area contributed by atoms with Crippen LogP contribution in [0.4, 0.5) is 18.0 Å². The van der Waals surface area contributed by atoms with Crippen LogP contribution in [0.3, 0.4) is 0 Å². The lowest BCUT2D eigenvalue weighted by atomic mass is 9.73. The number of aromatic nitrogens is 1. The number of carboxylic acids is 1. The smallest absolute Gasteiger partial charge is 0.475 e. The fraction of sp³-hybridized carbons (Fsp3) is 0.435. The first kappa shape index (κ1) is 23.6. The highest BCUT2D eigenvalue weighted by Gasteiger charge is 2.42. The van der Waals surface area contributed by atoms with Crippen LogP contribution < -0.4 is 0 Å². The fourth-order valence-corrected chi connectivity index (χ4v) is 4.44. The number of nitrogens with zero attached hydrogens (tertiary/aromatic N) is 3. The zero-order valence-corrected chi connectivity index (χ0v) is 18.0. The van der Waals surface area contributed by atoms with Crippen molar-refractivity contribution in [1.29, 1.82) is 0 Å². The van der Waals surface area contributed by atoms with Crippen molar-refractivity contribution in [3.63, 3.8) is 0 Å². The Balaban J connectivity index is 0.000000360. The summed E-state index contributed by atoms with van der Waals surface area (Å²) in [5, 5.41) is 7.12. The Morgan fingerprint density at radius 2 is 1.75 bits per heavy atom. The second kappa shape index (κ2) is 9.18. The third kappa shape index (κ3) is 5.03. The first-order chi connectivity index (χ1) is 15.0. The average Bonchev–Trinajstić information content (AvgIpc) is 3.11. The van der Waals surface area contributed by atoms with E-state index in [-0.39, 0.29) is 11.4 Å². The van der Waals surface area contributed by atoms with E-state index in [0.29, 0.717) is 0 Å². The van der Waals surface area contributed by atoms with Crippen LogP contribution in [0.25, 0.3) is 11.1 Å². The monoisotopic (exact) mass is 449 g/mol. The molecule has 4 rings (SSSR count). The zero-order chi connectivity index (χ0) is 23.5. The number of benzene rings is 1. The Labute approximate surface area is 184 Å². The van der Waals surface area contributed by atoms with E-state index in [0.717, 1.165) is 32.4 Å². The van der Waals surface area contributed by atoms with Gasteiger partial charge < -0.3 is 14.9 Å². The maximum Gasteiger partial charge on any atom is 0.490 e. The first-order valence-corrected chi connectivity index (χ1v) is 10.3. The highest BCUT2D eigenvalue weighted by molar-refractivity contribution is 5.74. The van der Waals surface area contributed by atoms with Crippen molar-refractivity contribution in [3.8, 4) is 11.1 Å². The van der Waals surface area contributed by atoms with E-state index in [1.807, 2.05) is 37.5 Å². The van der Waals surface area contributed by atoms with Crippen LogP contribution in [0.5, 0.6) is 0 Å². The molecule has 2 heterocycles. The molecule has 0 radical (unpaired) electrons. The lowest BCUT2D eigenvalue weighted by Gasteiger charge is -2.41. The molecule has 1 saturated heterocycles. The van der Waals surface area contributed by atoms with Crippen molar-refractivity contribution < 1.29 is 27.9 Å². The van der Waals surface area contributed by atoms with Crippen LogP contribution in [-0.4, -0.2) is 65.3 Å². The van der Waals surface area contributed by atoms with Crippen molar-refractivity contribution >= 4 is 12.0 Å². The third-order valence-electron chi connectivity index (χ3n) is 6.17. The minimum Gasteiger partial charge on any atom is -0.475 e. The molecule has 172 valence electrons. The standard InChI is InChI=1S/C21H25N3O.C2HF3O2/c1-23(2)20(25)24-12-9-21(10-13-24)8-7-16-5-6-17(14-19(16)21)18-4-3-11-22-15-18;3-2(4,5)1(6)7/h3-6,11,14-15H,7-10,12-13H2,1-2H3;(H,6,7). The van der Waals surface area contributed by atoms with E-state index in [1.165, 1.54) is 28.7 Å². The molecule has 1 aromatic heterocycles. The minimum atomic E-state index is -5.08. The molecule has 1 aliphatic carbocycles. The van der Waals surface area contributed by atoms with E-state index < -0.39 is 12.1 Å². The van der Waals surface area contributed by atoms with Gasteiger partial charge >= 0.3 is 18.2 Å². The maximum absolute atomic E-state index is 12.2. The summed E-state index contributed by atoms with van der Waals surface area (Å²) in [6, 6.07) is 11.1. The number of carboxylic acid groups (broad SMARTS) is 1. The van der Waals surface area contributed by atoms with E-state index in [4.69, 9.17) is 9.90 Å². The Morgan fingerprint density at radius 1 is 1.09 bits per heavy atom. The molecule has 2 aromatic rings. The first-order valence-electron chi connectivity index (χ1n) is 10.3. The number of hydrogen-bond donors (Lipinski definition) is 1. The number of likely N-dealkylation sites (tertiary alicyclic amines) is 1. The normalized spacial score (nSPS) is 16.7. The van der Waals surface area contributed by atoms with Crippen molar-refractivity contribution in [2.75, 3.05) is 27.2 Å². The number of carbonyl (C=O) groups is 2. The third-order valence-corrected chi connectivity index (χ3v) is 6.17. The number of amides is 2. The second-order valence-electron chi connectivity index (χ2n) is 8.36. The molecule has 2 amide bonds. The molecular weight excluding hydrogens is 423 g/mol. The molecule has 0 bridgehead atoms. The van der Waals surface area contributed by atoms with E-state index in [9.17, 15) is 18.0 Å². The van der Waals surface area contributed by atoms with Gasteiger partial charge in [-0.1, -0.05) is 24.3 Å². The minimum absolute atomic E-state index is 0.136. The van der Waals surface area contributed by atoms with Gasteiger partial charge in [-0.05, 0) is 59.4 Å². The molecule has 1 N–H and O–H groups in total. The number of pyridine rings is 1. The molecule has 1 spiro atoms. The van der Waals surface area contributed by atoms with Gasteiger partial charge in [0.15, 0.2) is 0 Å². The van der Waals surface area contributed by atoms with Crippen molar-refractivity contribution in [2.45, 2.75) is 37.3 Å². The number of rotatable bonds is 1. The molecule has 0 saturated carbocycles. The van der Waals surface area contributed by atoms with Gasteiger partial charge in [-0.15, -0.1) is 0 Å². The Hall–Kier alpha value is -3.10. The second-order valence-corrected chi connectivity index (χ2v) is 8.36. The van der Waals surface area contributed by atoms with Gasteiger partial charge in [0.05, 0.1) is 0 Å². The number of urea groups is 1. The number of carbonyl (C=O) groups excluding carboxylic acids is 1. The molecule has 9 heteroatoms. The average molecular weight is 449 g/mol. The van der Waals surface area contributed by atoms with Crippen LogP contribution in [0, 0.1) is 0 Å². The summed E-state index contributed by atoms with van der Waals surface area (Å²) in [6.45, 7) is 1.71. The number of fused-ring (bicyclic) bond motifs is 2. The molecule has 0 atom stereocenters. The lowest BCUT2D eigenvalue weighted by Crippen LogP contribution is -2.47. The summed E-state index contributed by atoms with van der Waals surface area (Å²) in [5.41, 5.74) is 5.66. The van der Waals surface area contributed by atoms with Gasteiger partial charge in [0.2, 0.25) is 0 Å². The highest BCUT2D eigenvalue weighted by atomic mass is 19.4. The molecule has 0 unspecified atom stereocenters. The number of aryl methyl sites for hydroxylation is 1. The van der Waals surface area contributed by atoms with Crippen molar-refractivity contribution in [1.82, 2.24) is 14.8 Å². The number of hydrogen-bond acceptors (Lipinski definition) is 3.